The molecule has 0 saturated heterocycles. The van der Waals surface area contributed by atoms with Crippen LogP contribution in [0.4, 0.5) is 0 Å². The first-order valence-electron chi connectivity index (χ1n) is 9.79. The lowest BCUT2D eigenvalue weighted by atomic mass is 9.82. The van der Waals surface area contributed by atoms with Crippen molar-refractivity contribution in [2.24, 2.45) is 0 Å². The lowest BCUT2D eigenvalue weighted by molar-refractivity contribution is 0.450. The highest BCUT2D eigenvalue weighted by molar-refractivity contribution is 9.10. The lowest BCUT2D eigenvalue weighted by Gasteiger charge is -2.28. The number of rotatable bonds is 2. The fourth-order valence-corrected chi connectivity index (χ4v) is 4.72. The summed E-state index contributed by atoms with van der Waals surface area (Å²) < 4.78 is 7.24. The smallest absolute Gasteiger partial charge is 0.131 e. The normalized spacial score (nSPS) is 17.9. The van der Waals surface area contributed by atoms with E-state index in [1.165, 1.54) is 12.0 Å². The highest BCUT2D eigenvalue weighted by atomic mass is 79.9. The van der Waals surface area contributed by atoms with Gasteiger partial charge in [0.2, 0.25) is 0 Å². The maximum atomic E-state index is 11.2. The van der Waals surface area contributed by atoms with Crippen molar-refractivity contribution < 1.29 is 9.84 Å². The minimum atomic E-state index is -0.0521. The van der Waals surface area contributed by atoms with Gasteiger partial charge in [0.05, 0.1) is 0 Å². The summed E-state index contributed by atoms with van der Waals surface area (Å²) in [6.45, 7) is 0. The summed E-state index contributed by atoms with van der Waals surface area (Å²) >= 11 is 3.59. The molecule has 140 valence electrons. The second-order valence-electron chi connectivity index (χ2n) is 7.51. The Kier molecular flexibility index (Phi) is 4.48. The van der Waals surface area contributed by atoms with Gasteiger partial charge in [0, 0.05) is 27.1 Å². The molecule has 1 N–H and O–H groups in total. The monoisotopic (exact) mass is 432 g/mol. The fraction of sp³-hybridized carbons (Fsp3) is 0.200. The van der Waals surface area contributed by atoms with Gasteiger partial charge in [-0.1, -0.05) is 58.4 Å². The van der Waals surface area contributed by atoms with Crippen molar-refractivity contribution in [3.63, 3.8) is 0 Å². The Balaban J connectivity index is 1.68. The van der Waals surface area contributed by atoms with Crippen LogP contribution in [0.25, 0.3) is 5.76 Å². The number of aryl methyl sites for hydroxylation is 1. The molecule has 1 aliphatic heterocycles. The molecule has 3 aromatic rings. The summed E-state index contributed by atoms with van der Waals surface area (Å²) in [5.41, 5.74) is 5.48. The first-order valence-corrected chi connectivity index (χ1v) is 10.6. The van der Waals surface area contributed by atoms with Crippen LogP contribution in [0.15, 0.2) is 71.2 Å². The number of fused-ring (bicyclic) bond motifs is 2. The average molecular weight is 433 g/mol. The van der Waals surface area contributed by atoms with Gasteiger partial charge in [-0.25, -0.2) is 0 Å². The molecule has 3 heteroatoms. The Bertz CT molecular complexity index is 1070. The number of phenols is 1. The van der Waals surface area contributed by atoms with Crippen LogP contribution in [0.5, 0.6) is 11.5 Å². The van der Waals surface area contributed by atoms with E-state index < -0.39 is 0 Å². The molecule has 28 heavy (non-hydrogen) atoms. The summed E-state index contributed by atoms with van der Waals surface area (Å²) in [5, 5.41) is 11.2. The Morgan fingerprint density at radius 2 is 1.71 bits per heavy atom. The van der Waals surface area contributed by atoms with E-state index in [2.05, 4.69) is 52.3 Å². The molecule has 3 aromatic carbocycles. The van der Waals surface area contributed by atoms with Crippen LogP contribution in [0.3, 0.4) is 0 Å². The molecular formula is C25H21BrO2. The molecule has 2 aliphatic rings. The molecule has 2 nitrogen and oxygen atoms in total. The van der Waals surface area contributed by atoms with E-state index in [0.717, 1.165) is 57.5 Å². The van der Waals surface area contributed by atoms with E-state index in [4.69, 9.17) is 4.74 Å². The molecule has 0 spiro atoms. The number of benzene rings is 3. The molecule has 1 aliphatic carbocycles. The molecular weight excluding hydrogens is 412 g/mol. The third kappa shape index (κ3) is 3.04. The topological polar surface area (TPSA) is 29.5 Å². The summed E-state index contributed by atoms with van der Waals surface area (Å²) in [6, 6.07) is 20.5. The zero-order valence-electron chi connectivity index (χ0n) is 15.5. The molecule has 1 heterocycles. The molecule has 0 aromatic heterocycles. The molecule has 0 saturated carbocycles. The SMILES string of the molecule is Oc1c(C2C=C(c3ccccc3)Oc3ccc(Br)cc32)ccc2c1CCCC2. The summed E-state index contributed by atoms with van der Waals surface area (Å²) in [6.07, 6.45) is 6.50. The van der Waals surface area contributed by atoms with Crippen LogP contribution in [0.1, 0.15) is 46.6 Å². The van der Waals surface area contributed by atoms with Gasteiger partial charge in [-0.2, -0.15) is 0 Å². The Morgan fingerprint density at radius 1 is 0.893 bits per heavy atom. The van der Waals surface area contributed by atoms with Crippen molar-refractivity contribution in [3.05, 3.63) is 99.0 Å². The first kappa shape index (κ1) is 17.6. The van der Waals surface area contributed by atoms with Crippen molar-refractivity contribution in [2.75, 3.05) is 0 Å². The van der Waals surface area contributed by atoms with Gasteiger partial charge in [0.15, 0.2) is 0 Å². The van der Waals surface area contributed by atoms with Crippen molar-refractivity contribution >= 4 is 21.7 Å². The minimum Gasteiger partial charge on any atom is -0.507 e. The highest BCUT2D eigenvalue weighted by Crippen LogP contribution is 2.46. The molecule has 0 bridgehead atoms. The number of hydrogen-bond acceptors (Lipinski definition) is 2. The summed E-state index contributed by atoms with van der Waals surface area (Å²) in [7, 11) is 0. The lowest BCUT2D eigenvalue weighted by Crippen LogP contribution is -2.12. The van der Waals surface area contributed by atoms with Crippen LogP contribution in [0, 0.1) is 0 Å². The third-order valence-electron chi connectivity index (χ3n) is 5.77. The maximum absolute atomic E-state index is 11.2. The number of ether oxygens (including phenoxy) is 1. The predicted octanol–water partition coefficient (Wildman–Crippen LogP) is 6.60. The average Bonchev–Trinajstić information content (AvgIpc) is 2.74. The largest absolute Gasteiger partial charge is 0.507 e. The third-order valence-corrected chi connectivity index (χ3v) is 6.27. The van der Waals surface area contributed by atoms with Crippen LogP contribution < -0.4 is 4.74 Å². The maximum Gasteiger partial charge on any atom is 0.131 e. The van der Waals surface area contributed by atoms with Crippen molar-refractivity contribution in [1.82, 2.24) is 0 Å². The predicted molar refractivity (Wildman–Crippen MR) is 116 cm³/mol. The van der Waals surface area contributed by atoms with E-state index >= 15 is 0 Å². The molecule has 1 atom stereocenters. The van der Waals surface area contributed by atoms with E-state index in [1.807, 2.05) is 30.3 Å². The first-order chi connectivity index (χ1) is 13.7. The zero-order valence-corrected chi connectivity index (χ0v) is 17.1. The van der Waals surface area contributed by atoms with E-state index in [9.17, 15) is 5.11 Å². The van der Waals surface area contributed by atoms with Gasteiger partial charge >= 0.3 is 0 Å². The second kappa shape index (κ2) is 7.14. The van der Waals surface area contributed by atoms with Gasteiger partial charge in [-0.15, -0.1) is 0 Å². The van der Waals surface area contributed by atoms with E-state index in [1.54, 1.807) is 0 Å². The number of halogens is 1. The van der Waals surface area contributed by atoms with Gasteiger partial charge in [-0.05, 0) is 61.1 Å². The number of allylic oxidation sites excluding steroid dienone is 1. The van der Waals surface area contributed by atoms with Gasteiger partial charge in [0.25, 0.3) is 0 Å². The second-order valence-corrected chi connectivity index (χ2v) is 8.42. The highest BCUT2D eigenvalue weighted by Gasteiger charge is 2.28. The summed E-state index contributed by atoms with van der Waals surface area (Å²) in [5.74, 6) is 2.08. The van der Waals surface area contributed by atoms with Gasteiger partial charge in [-0.3, -0.25) is 0 Å². The van der Waals surface area contributed by atoms with Crippen LogP contribution in [-0.4, -0.2) is 5.11 Å². The van der Waals surface area contributed by atoms with Crippen molar-refractivity contribution in [2.45, 2.75) is 31.6 Å². The van der Waals surface area contributed by atoms with E-state index in [-0.39, 0.29) is 5.92 Å². The number of phenolic OH excluding ortho intramolecular Hbond substituents is 1. The Labute approximate surface area is 173 Å². The molecule has 0 radical (unpaired) electrons. The fourth-order valence-electron chi connectivity index (χ4n) is 4.34. The van der Waals surface area contributed by atoms with E-state index in [0.29, 0.717) is 5.75 Å². The van der Waals surface area contributed by atoms with Gasteiger partial charge < -0.3 is 9.84 Å². The van der Waals surface area contributed by atoms with Crippen molar-refractivity contribution in [1.29, 1.82) is 0 Å². The number of hydrogen-bond donors (Lipinski definition) is 1. The molecule has 1 unspecified atom stereocenters. The quantitative estimate of drug-likeness (QED) is 0.494. The minimum absolute atomic E-state index is 0.0521. The van der Waals surface area contributed by atoms with Crippen LogP contribution >= 0.6 is 15.9 Å². The summed E-state index contributed by atoms with van der Waals surface area (Å²) in [4.78, 5) is 0. The molecule has 0 amide bonds. The van der Waals surface area contributed by atoms with Crippen molar-refractivity contribution in [3.8, 4) is 11.5 Å². The van der Waals surface area contributed by atoms with Crippen LogP contribution in [0.2, 0.25) is 0 Å². The zero-order chi connectivity index (χ0) is 19.1. The number of aromatic hydroxyl groups is 1. The Morgan fingerprint density at radius 3 is 2.57 bits per heavy atom. The standard InChI is InChI=1S/C25H21BrO2/c26-18-11-13-23-22(14-18)21(15-24(28-23)17-7-2-1-3-8-17)20-12-10-16-6-4-5-9-19(16)25(20)27/h1-3,7-8,10-15,21,27H,4-6,9H2. The van der Waals surface area contributed by atoms with Crippen LogP contribution in [-0.2, 0) is 12.8 Å². The molecule has 5 rings (SSSR count). The molecule has 0 fully saturated rings. The van der Waals surface area contributed by atoms with Gasteiger partial charge in [0.1, 0.15) is 17.3 Å². The Hall–Kier alpha value is -2.52.